The van der Waals surface area contributed by atoms with Gasteiger partial charge in [-0.05, 0) is 30.3 Å². The van der Waals surface area contributed by atoms with Crippen LogP contribution in [0.2, 0.25) is 5.02 Å². The van der Waals surface area contributed by atoms with Gasteiger partial charge in [0.15, 0.2) is 5.82 Å². The second-order valence-electron chi connectivity index (χ2n) is 4.89. The first-order chi connectivity index (χ1) is 12.0. The molecule has 6 nitrogen and oxygen atoms in total. The monoisotopic (exact) mass is 363 g/mol. The minimum Gasteiger partial charge on any atom is -0.495 e. The second-order valence-corrected chi connectivity index (χ2v) is 5.30. The normalized spacial score (nSPS) is 10.4. The highest BCUT2D eigenvalue weighted by Crippen LogP contribution is 2.28. The van der Waals surface area contributed by atoms with Crippen LogP contribution >= 0.6 is 11.6 Å². The second kappa shape index (κ2) is 7.27. The molecule has 3 rings (SSSR count). The molecule has 0 radical (unpaired) electrons. The van der Waals surface area contributed by atoms with Crippen molar-refractivity contribution < 1.29 is 13.5 Å². The van der Waals surface area contributed by atoms with E-state index in [1.807, 2.05) is 0 Å². The van der Waals surface area contributed by atoms with Crippen LogP contribution in [0.25, 0.3) is 0 Å². The lowest BCUT2D eigenvalue weighted by atomic mass is 10.3. The van der Waals surface area contributed by atoms with E-state index in [1.54, 1.807) is 18.2 Å². The maximum atomic E-state index is 13.7. The van der Waals surface area contributed by atoms with E-state index in [-0.39, 0.29) is 17.5 Å². The molecule has 1 heterocycles. The number of nitrogens with one attached hydrogen (secondary N) is 2. The van der Waals surface area contributed by atoms with E-state index < -0.39 is 11.6 Å². The van der Waals surface area contributed by atoms with E-state index in [4.69, 9.17) is 16.3 Å². The zero-order valence-corrected chi connectivity index (χ0v) is 13.7. The number of methoxy groups -OCH3 is 1. The van der Waals surface area contributed by atoms with Crippen LogP contribution in [0, 0.1) is 11.6 Å². The molecule has 0 atom stereocenters. The van der Waals surface area contributed by atoms with Gasteiger partial charge in [0.1, 0.15) is 17.4 Å². The maximum absolute atomic E-state index is 13.7. The highest BCUT2D eigenvalue weighted by atomic mass is 35.5. The Kier molecular flexibility index (Phi) is 4.90. The van der Waals surface area contributed by atoms with Crippen molar-refractivity contribution in [3.63, 3.8) is 0 Å². The van der Waals surface area contributed by atoms with Gasteiger partial charge in [-0.1, -0.05) is 11.6 Å². The molecule has 0 aliphatic carbocycles. The summed E-state index contributed by atoms with van der Waals surface area (Å²) in [6, 6.07) is 8.24. The minimum atomic E-state index is -0.741. The Morgan fingerprint density at radius 2 is 1.92 bits per heavy atom. The predicted molar refractivity (Wildman–Crippen MR) is 90.8 cm³/mol. The van der Waals surface area contributed by atoms with Gasteiger partial charge in [-0.25, -0.2) is 8.78 Å². The fourth-order valence-corrected chi connectivity index (χ4v) is 2.28. The van der Waals surface area contributed by atoms with Gasteiger partial charge in [-0.2, -0.15) is 10.1 Å². The molecule has 0 bridgehead atoms. The lowest BCUT2D eigenvalue weighted by Crippen LogP contribution is -2.03. The number of aromatic nitrogens is 3. The predicted octanol–water partition coefficient (Wildman–Crippen LogP) is 4.30. The first-order valence-electron chi connectivity index (χ1n) is 7.07. The summed E-state index contributed by atoms with van der Waals surface area (Å²) in [5, 5.41) is 13.7. The SMILES string of the molecule is COc1ccc(Nc2nncc(Nc3ccc(F)cc3F)n2)cc1Cl. The summed E-state index contributed by atoms with van der Waals surface area (Å²) < 4.78 is 31.7. The van der Waals surface area contributed by atoms with Crippen molar-refractivity contribution in [1.82, 2.24) is 15.2 Å². The third-order valence-corrected chi connectivity index (χ3v) is 3.46. The topological polar surface area (TPSA) is 72.0 Å². The molecule has 128 valence electrons. The quantitative estimate of drug-likeness (QED) is 0.704. The Bertz CT molecular complexity index is 909. The summed E-state index contributed by atoms with van der Waals surface area (Å²) in [5.74, 6) is -0.456. The Balaban J connectivity index is 1.78. The van der Waals surface area contributed by atoms with Crippen molar-refractivity contribution in [3.8, 4) is 5.75 Å². The highest BCUT2D eigenvalue weighted by Gasteiger charge is 2.08. The average Bonchev–Trinajstić information content (AvgIpc) is 2.58. The van der Waals surface area contributed by atoms with E-state index >= 15 is 0 Å². The van der Waals surface area contributed by atoms with E-state index in [2.05, 4.69) is 25.8 Å². The van der Waals surface area contributed by atoms with E-state index in [9.17, 15) is 8.78 Å². The number of nitrogens with zero attached hydrogens (tertiary/aromatic N) is 3. The zero-order chi connectivity index (χ0) is 17.8. The standard InChI is InChI=1S/C16H12ClF2N5O/c1-25-14-5-3-10(7-11(14)17)21-16-23-15(8-20-24-16)22-13-4-2-9(18)6-12(13)19/h2-8H,1H3,(H2,21,22,23,24). The van der Waals surface area contributed by atoms with E-state index in [0.717, 1.165) is 12.1 Å². The van der Waals surface area contributed by atoms with Crippen LogP contribution < -0.4 is 15.4 Å². The molecule has 3 aromatic rings. The van der Waals surface area contributed by atoms with Gasteiger partial charge in [0.05, 0.1) is 24.0 Å². The Morgan fingerprint density at radius 3 is 2.64 bits per heavy atom. The molecule has 0 saturated carbocycles. The van der Waals surface area contributed by atoms with E-state index in [1.165, 1.54) is 19.4 Å². The third-order valence-electron chi connectivity index (χ3n) is 3.16. The zero-order valence-electron chi connectivity index (χ0n) is 12.9. The highest BCUT2D eigenvalue weighted by molar-refractivity contribution is 6.32. The van der Waals surface area contributed by atoms with Gasteiger partial charge in [-0.15, -0.1) is 5.10 Å². The lowest BCUT2D eigenvalue weighted by molar-refractivity contribution is 0.415. The largest absolute Gasteiger partial charge is 0.495 e. The van der Waals surface area contributed by atoms with Gasteiger partial charge >= 0.3 is 0 Å². The fourth-order valence-electron chi connectivity index (χ4n) is 2.02. The van der Waals surface area contributed by atoms with Crippen molar-refractivity contribution >= 4 is 34.7 Å². The van der Waals surface area contributed by atoms with Crippen molar-refractivity contribution in [2.24, 2.45) is 0 Å². The van der Waals surface area contributed by atoms with Crippen molar-refractivity contribution in [1.29, 1.82) is 0 Å². The molecule has 0 saturated heterocycles. The van der Waals surface area contributed by atoms with Crippen molar-refractivity contribution in [3.05, 3.63) is 59.3 Å². The van der Waals surface area contributed by atoms with Crippen LogP contribution in [0.1, 0.15) is 0 Å². The molecule has 25 heavy (non-hydrogen) atoms. The maximum Gasteiger partial charge on any atom is 0.249 e. The molecule has 0 unspecified atom stereocenters. The van der Waals surface area contributed by atoms with Crippen molar-refractivity contribution in [2.75, 3.05) is 17.7 Å². The van der Waals surface area contributed by atoms with Crippen LogP contribution in [-0.2, 0) is 0 Å². The molecule has 2 N–H and O–H groups in total. The summed E-state index contributed by atoms with van der Waals surface area (Å²) in [7, 11) is 1.52. The molecular weight excluding hydrogens is 352 g/mol. The molecule has 0 fully saturated rings. The van der Waals surface area contributed by atoms with Gasteiger partial charge in [0.25, 0.3) is 0 Å². The van der Waals surface area contributed by atoms with Crippen molar-refractivity contribution in [2.45, 2.75) is 0 Å². The number of anilines is 4. The molecule has 0 aliphatic rings. The molecule has 1 aromatic heterocycles. The first kappa shape index (κ1) is 16.8. The van der Waals surface area contributed by atoms with Gasteiger partial charge < -0.3 is 15.4 Å². The molecular formula is C16H12ClF2N5O. The summed E-state index contributed by atoms with van der Waals surface area (Å²) in [6.07, 6.45) is 1.31. The molecule has 9 heteroatoms. The van der Waals surface area contributed by atoms with Crippen LogP contribution in [-0.4, -0.2) is 22.3 Å². The van der Waals surface area contributed by atoms with Crippen LogP contribution in [0.5, 0.6) is 5.75 Å². The summed E-state index contributed by atoms with van der Waals surface area (Å²) in [5.41, 5.74) is 0.693. The number of rotatable bonds is 5. The number of halogens is 3. The van der Waals surface area contributed by atoms with Crippen LogP contribution in [0.3, 0.4) is 0 Å². The minimum absolute atomic E-state index is 0.0698. The summed E-state index contributed by atoms with van der Waals surface area (Å²) in [4.78, 5) is 4.17. The smallest absolute Gasteiger partial charge is 0.249 e. The average molecular weight is 364 g/mol. The Morgan fingerprint density at radius 1 is 1.08 bits per heavy atom. The van der Waals surface area contributed by atoms with Gasteiger partial charge in [0, 0.05) is 11.8 Å². The number of benzene rings is 2. The molecule has 0 aliphatic heterocycles. The lowest BCUT2D eigenvalue weighted by Gasteiger charge is -2.09. The molecule has 0 spiro atoms. The first-order valence-corrected chi connectivity index (χ1v) is 7.45. The van der Waals surface area contributed by atoms with Gasteiger partial charge in [0.2, 0.25) is 5.95 Å². The number of ether oxygens (including phenoxy) is 1. The number of hydrogen-bond acceptors (Lipinski definition) is 6. The third kappa shape index (κ3) is 4.10. The van der Waals surface area contributed by atoms with Gasteiger partial charge in [-0.3, -0.25) is 0 Å². The molecule has 2 aromatic carbocycles. The van der Waals surface area contributed by atoms with Crippen LogP contribution in [0.15, 0.2) is 42.6 Å². The summed E-state index contributed by atoms with van der Waals surface area (Å²) >= 11 is 6.06. The molecule has 0 amide bonds. The Labute approximate surface area is 146 Å². The van der Waals surface area contributed by atoms with Crippen LogP contribution in [0.4, 0.5) is 31.9 Å². The summed E-state index contributed by atoms with van der Waals surface area (Å²) in [6.45, 7) is 0. The fraction of sp³-hybridized carbons (Fsp3) is 0.0625. The Hall–Kier alpha value is -3.00. The number of hydrogen-bond donors (Lipinski definition) is 2. The van der Waals surface area contributed by atoms with E-state index in [0.29, 0.717) is 16.5 Å².